The van der Waals surface area contributed by atoms with Gasteiger partial charge in [-0.3, -0.25) is 4.79 Å². The standard InChI is InChI=1S/C17H26N4O2.ClH/c1-12(2)19-17(23)20-15-9-5-4-8-14(15)16(22)21-10-6-7-13(11-21)18-3;/h4-5,8-9,12-13,18H,6-7,10-11H2,1-3H3,(H2,19,20,23);1H. The third-order valence-electron chi connectivity index (χ3n) is 3.94. The van der Waals surface area contributed by atoms with E-state index < -0.39 is 0 Å². The lowest BCUT2D eigenvalue weighted by Gasteiger charge is -2.33. The van der Waals surface area contributed by atoms with Gasteiger partial charge >= 0.3 is 6.03 Å². The van der Waals surface area contributed by atoms with Crippen molar-refractivity contribution in [3.63, 3.8) is 0 Å². The number of likely N-dealkylation sites (tertiary alicyclic amines) is 1. The van der Waals surface area contributed by atoms with Crippen molar-refractivity contribution >= 4 is 30.0 Å². The van der Waals surface area contributed by atoms with Crippen LogP contribution in [-0.2, 0) is 0 Å². The number of hydrogen-bond acceptors (Lipinski definition) is 3. The van der Waals surface area contributed by atoms with Crippen molar-refractivity contribution in [3.8, 4) is 0 Å². The maximum absolute atomic E-state index is 12.8. The molecule has 0 aliphatic carbocycles. The number of piperidine rings is 1. The number of anilines is 1. The van der Waals surface area contributed by atoms with Crippen LogP contribution in [0.4, 0.5) is 10.5 Å². The average Bonchev–Trinajstić information content (AvgIpc) is 2.54. The third kappa shape index (κ3) is 5.39. The highest BCUT2D eigenvalue weighted by molar-refractivity contribution is 6.03. The fraction of sp³-hybridized carbons (Fsp3) is 0.529. The van der Waals surface area contributed by atoms with E-state index in [1.807, 2.05) is 37.9 Å². The first-order chi connectivity index (χ1) is 11.0. The van der Waals surface area contributed by atoms with E-state index in [-0.39, 0.29) is 30.4 Å². The SMILES string of the molecule is CNC1CCCN(C(=O)c2ccccc2NC(=O)NC(C)C)C1.Cl. The van der Waals surface area contributed by atoms with Gasteiger partial charge in [0.1, 0.15) is 0 Å². The summed E-state index contributed by atoms with van der Waals surface area (Å²) in [6, 6.07) is 7.22. The first kappa shape index (κ1) is 20.3. The maximum atomic E-state index is 12.8. The molecular weight excluding hydrogens is 328 g/mol. The summed E-state index contributed by atoms with van der Waals surface area (Å²) in [6.45, 7) is 5.23. The van der Waals surface area contributed by atoms with Crippen molar-refractivity contribution in [2.45, 2.75) is 38.8 Å². The zero-order valence-electron chi connectivity index (χ0n) is 14.5. The number of nitrogens with zero attached hydrogens (tertiary/aromatic N) is 1. The molecule has 1 aromatic carbocycles. The van der Waals surface area contributed by atoms with Crippen LogP contribution in [-0.4, -0.2) is 49.1 Å². The Morgan fingerprint density at radius 2 is 1.96 bits per heavy atom. The normalized spacial score (nSPS) is 17.2. The van der Waals surface area contributed by atoms with Gasteiger partial charge in [0, 0.05) is 25.2 Å². The molecule has 0 bridgehead atoms. The molecule has 1 aliphatic heterocycles. The minimum Gasteiger partial charge on any atom is -0.337 e. The summed E-state index contributed by atoms with van der Waals surface area (Å²) in [5, 5.41) is 8.78. The average molecular weight is 355 g/mol. The van der Waals surface area contributed by atoms with Crippen molar-refractivity contribution in [3.05, 3.63) is 29.8 Å². The predicted molar refractivity (Wildman–Crippen MR) is 99.0 cm³/mol. The molecular formula is C17H27ClN4O2. The molecule has 1 aromatic rings. The Kier molecular flexibility index (Phi) is 8.01. The number of carbonyl (C=O) groups excluding carboxylic acids is 2. The van der Waals surface area contributed by atoms with Crippen molar-refractivity contribution in [2.75, 3.05) is 25.5 Å². The topological polar surface area (TPSA) is 73.5 Å². The molecule has 1 unspecified atom stereocenters. The van der Waals surface area contributed by atoms with Crippen LogP contribution in [0.5, 0.6) is 0 Å². The van der Waals surface area contributed by atoms with Gasteiger partial charge in [-0.05, 0) is 45.9 Å². The second-order valence-electron chi connectivity index (χ2n) is 6.18. The lowest BCUT2D eigenvalue weighted by atomic mass is 10.0. The molecule has 1 aliphatic rings. The highest BCUT2D eigenvalue weighted by Crippen LogP contribution is 2.20. The third-order valence-corrected chi connectivity index (χ3v) is 3.94. The molecule has 134 valence electrons. The largest absolute Gasteiger partial charge is 0.337 e. The quantitative estimate of drug-likeness (QED) is 0.777. The molecule has 0 saturated carbocycles. The fourth-order valence-corrected chi connectivity index (χ4v) is 2.77. The lowest BCUT2D eigenvalue weighted by molar-refractivity contribution is 0.0699. The minimum absolute atomic E-state index is 0. The molecule has 1 fully saturated rings. The molecule has 3 N–H and O–H groups in total. The molecule has 0 radical (unpaired) electrons. The zero-order chi connectivity index (χ0) is 16.8. The van der Waals surface area contributed by atoms with E-state index in [2.05, 4.69) is 16.0 Å². The highest BCUT2D eigenvalue weighted by atomic mass is 35.5. The smallest absolute Gasteiger partial charge is 0.319 e. The summed E-state index contributed by atoms with van der Waals surface area (Å²) in [7, 11) is 1.92. The molecule has 1 atom stereocenters. The lowest BCUT2D eigenvalue weighted by Crippen LogP contribution is -2.47. The molecule has 3 amide bonds. The van der Waals surface area contributed by atoms with Gasteiger partial charge in [0.25, 0.3) is 5.91 Å². The molecule has 7 heteroatoms. The minimum atomic E-state index is -0.299. The molecule has 0 aromatic heterocycles. The van der Waals surface area contributed by atoms with Crippen molar-refractivity contribution in [1.29, 1.82) is 0 Å². The van der Waals surface area contributed by atoms with Crippen LogP contribution in [0, 0.1) is 0 Å². The number of amides is 3. The Morgan fingerprint density at radius 1 is 1.25 bits per heavy atom. The Labute approximate surface area is 149 Å². The fourth-order valence-electron chi connectivity index (χ4n) is 2.77. The summed E-state index contributed by atoms with van der Waals surface area (Å²) in [4.78, 5) is 26.6. The monoisotopic (exact) mass is 354 g/mol. The Morgan fingerprint density at radius 3 is 2.62 bits per heavy atom. The van der Waals surface area contributed by atoms with E-state index >= 15 is 0 Å². The summed E-state index contributed by atoms with van der Waals surface area (Å²) < 4.78 is 0. The number of likely N-dealkylation sites (N-methyl/N-ethyl adjacent to an activating group) is 1. The number of para-hydroxylation sites is 1. The van der Waals surface area contributed by atoms with Crippen LogP contribution in [0.2, 0.25) is 0 Å². The Hall–Kier alpha value is -1.79. The number of urea groups is 1. The summed E-state index contributed by atoms with van der Waals surface area (Å²) in [6.07, 6.45) is 2.07. The molecule has 0 spiro atoms. The van der Waals surface area contributed by atoms with Gasteiger partial charge in [0.15, 0.2) is 0 Å². The summed E-state index contributed by atoms with van der Waals surface area (Å²) in [5.74, 6) is -0.0367. The van der Waals surface area contributed by atoms with E-state index in [4.69, 9.17) is 0 Å². The molecule has 2 rings (SSSR count). The molecule has 1 heterocycles. The van der Waals surface area contributed by atoms with E-state index in [9.17, 15) is 9.59 Å². The molecule has 24 heavy (non-hydrogen) atoms. The first-order valence-electron chi connectivity index (χ1n) is 8.14. The van der Waals surface area contributed by atoms with Crippen LogP contribution < -0.4 is 16.0 Å². The zero-order valence-corrected chi connectivity index (χ0v) is 15.3. The second kappa shape index (κ2) is 9.49. The van der Waals surface area contributed by atoms with Crippen LogP contribution in [0.3, 0.4) is 0 Å². The number of nitrogens with one attached hydrogen (secondary N) is 3. The van der Waals surface area contributed by atoms with Crippen molar-refractivity contribution < 1.29 is 9.59 Å². The van der Waals surface area contributed by atoms with Gasteiger partial charge in [-0.15, -0.1) is 12.4 Å². The number of rotatable bonds is 4. The first-order valence-corrected chi connectivity index (χ1v) is 8.14. The van der Waals surface area contributed by atoms with Gasteiger partial charge in [0.05, 0.1) is 11.3 Å². The van der Waals surface area contributed by atoms with Gasteiger partial charge in [-0.2, -0.15) is 0 Å². The van der Waals surface area contributed by atoms with Gasteiger partial charge in [-0.1, -0.05) is 12.1 Å². The Balaban J connectivity index is 0.00000288. The van der Waals surface area contributed by atoms with Gasteiger partial charge < -0.3 is 20.9 Å². The predicted octanol–water partition coefficient (Wildman–Crippen LogP) is 2.46. The highest BCUT2D eigenvalue weighted by Gasteiger charge is 2.25. The summed E-state index contributed by atoms with van der Waals surface area (Å²) in [5.41, 5.74) is 1.07. The van der Waals surface area contributed by atoms with Crippen molar-refractivity contribution in [2.24, 2.45) is 0 Å². The van der Waals surface area contributed by atoms with E-state index in [1.54, 1.807) is 12.1 Å². The number of halogens is 1. The van der Waals surface area contributed by atoms with E-state index in [0.717, 1.165) is 19.4 Å². The van der Waals surface area contributed by atoms with Crippen LogP contribution in [0.1, 0.15) is 37.0 Å². The molecule has 6 nitrogen and oxygen atoms in total. The number of carbonyl (C=O) groups is 2. The summed E-state index contributed by atoms with van der Waals surface area (Å²) >= 11 is 0. The second-order valence-corrected chi connectivity index (χ2v) is 6.18. The van der Waals surface area contributed by atoms with Crippen molar-refractivity contribution in [1.82, 2.24) is 15.5 Å². The van der Waals surface area contributed by atoms with E-state index in [0.29, 0.717) is 23.8 Å². The van der Waals surface area contributed by atoms with Crippen LogP contribution in [0.25, 0.3) is 0 Å². The molecule has 1 saturated heterocycles. The Bertz CT molecular complexity index is 565. The van der Waals surface area contributed by atoms with E-state index in [1.165, 1.54) is 0 Å². The van der Waals surface area contributed by atoms with Gasteiger partial charge in [0.2, 0.25) is 0 Å². The maximum Gasteiger partial charge on any atom is 0.319 e. The van der Waals surface area contributed by atoms with Crippen LogP contribution in [0.15, 0.2) is 24.3 Å². The van der Waals surface area contributed by atoms with Gasteiger partial charge in [-0.25, -0.2) is 4.79 Å². The van der Waals surface area contributed by atoms with Crippen LogP contribution >= 0.6 is 12.4 Å². The number of hydrogen-bond donors (Lipinski definition) is 3. The number of benzene rings is 1.